The van der Waals surface area contributed by atoms with E-state index in [9.17, 15) is 0 Å². The topological polar surface area (TPSA) is 74.6 Å². The van der Waals surface area contributed by atoms with Crippen molar-refractivity contribution < 1.29 is 351 Å². The molecular weight excluding hydrogens is 373 g/mol. The second-order valence-corrected chi connectivity index (χ2v) is 1.71. The van der Waals surface area contributed by atoms with E-state index >= 15 is 0 Å². The van der Waals surface area contributed by atoms with Crippen molar-refractivity contribution in [1.29, 1.82) is 0 Å². The predicted octanol–water partition coefficient (Wildman–Crippen LogP) is -18.5. The fraction of sp³-hybridized carbons (Fsp3) is 0. The van der Waals surface area contributed by atoms with Gasteiger partial charge in [0.05, 0.1) is 0 Å². The normalized spacial score (nSPS) is 4.83. The van der Waals surface area contributed by atoms with Crippen molar-refractivity contribution in [2.24, 2.45) is 0 Å². The monoisotopic (exact) mass is 381 g/mol. The molecule has 0 unspecified atom stereocenters. The van der Waals surface area contributed by atoms with E-state index in [1.165, 1.54) is 0 Å². The van der Waals surface area contributed by atoms with Crippen molar-refractivity contribution in [3.63, 3.8) is 0 Å². The molecule has 0 bridgehead atoms. The summed E-state index contributed by atoms with van der Waals surface area (Å²) in [5.74, 6) is 0. The maximum atomic E-state index is 8.80. The molecular formula is H9FK6MnO4. The van der Waals surface area contributed by atoms with E-state index in [0.29, 0.717) is 0 Å². The fourth-order valence-corrected chi connectivity index (χ4v) is 0. The van der Waals surface area contributed by atoms with Crippen LogP contribution in [0.1, 0.15) is 8.56 Å². The molecule has 0 fully saturated rings. The third-order valence-corrected chi connectivity index (χ3v) is 0. The molecule has 4 nitrogen and oxygen atoms in total. The first-order valence-corrected chi connectivity index (χ1v) is 2.67. The van der Waals surface area contributed by atoms with Gasteiger partial charge in [-0.2, -0.15) is 0 Å². The molecule has 0 aromatic heterocycles. The molecule has 0 radical (unpaired) electrons. The third-order valence-electron chi connectivity index (χ3n) is 0. The Morgan fingerprint density at radius 2 is 0.750 bits per heavy atom. The van der Waals surface area contributed by atoms with Crippen LogP contribution >= 0.6 is 0 Å². The van der Waals surface area contributed by atoms with Gasteiger partial charge in [0.15, 0.2) is 0 Å². The molecule has 0 spiro atoms. The summed E-state index contributed by atoms with van der Waals surface area (Å²) >= 11 is -5.12. The van der Waals surface area contributed by atoms with Crippen LogP contribution in [0.5, 0.6) is 0 Å². The van der Waals surface area contributed by atoms with Gasteiger partial charge in [0.2, 0.25) is 0 Å². The molecule has 12 heavy (non-hydrogen) atoms. The van der Waals surface area contributed by atoms with Crippen LogP contribution in [0.15, 0.2) is 0 Å². The molecule has 0 rings (SSSR count). The van der Waals surface area contributed by atoms with Gasteiger partial charge < -0.3 is 8.56 Å². The van der Waals surface area contributed by atoms with Gasteiger partial charge in [-0.1, -0.05) is 0 Å². The molecule has 0 heterocycles. The summed E-state index contributed by atoms with van der Waals surface area (Å²) in [6.45, 7) is 0. The van der Waals surface area contributed by atoms with Crippen molar-refractivity contribution in [2.75, 3.05) is 0 Å². The minimum absolute atomic E-state index is 0. The van der Waals surface area contributed by atoms with Gasteiger partial charge >= 0.3 is 338 Å². The summed E-state index contributed by atoms with van der Waals surface area (Å²) < 4.78 is 31.8. The molecule has 0 amide bonds. The Labute approximate surface area is 338 Å². The van der Waals surface area contributed by atoms with E-state index in [0.717, 1.165) is 0 Å². The van der Waals surface area contributed by atoms with Crippen LogP contribution in [0.4, 0.5) is 4.70 Å². The molecule has 2 N–H and O–H groups in total. The number of hydrogen-bond acceptors (Lipinski definition) is 2. The first kappa shape index (κ1) is 49.5. The first-order valence-electron chi connectivity index (χ1n) is 0.647. The van der Waals surface area contributed by atoms with Crippen LogP contribution in [0, 0.1) is 0 Å². The van der Waals surface area contributed by atoms with Crippen molar-refractivity contribution in [2.45, 2.75) is 0 Å². The second kappa shape index (κ2) is 32.7. The summed E-state index contributed by atoms with van der Waals surface area (Å²) in [6.07, 6.45) is 0. The van der Waals surface area contributed by atoms with Gasteiger partial charge in [-0.05, 0) is 0 Å². The molecule has 53 valence electrons. The zero-order chi connectivity index (χ0) is 4.50. The Bertz CT molecular complexity index is 119. The van der Waals surface area contributed by atoms with Gasteiger partial charge in [-0.3, -0.25) is 4.70 Å². The van der Waals surface area contributed by atoms with E-state index in [4.69, 9.17) is 16.0 Å². The molecule has 0 aliphatic heterocycles. The second-order valence-electron chi connectivity index (χ2n) is 0.415. The average molecular weight is 382 g/mol. The Morgan fingerprint density at radius 1 is 0.750 bits per heavy atom. The van der Waals surface area contributed by atoms with Crippen LogP contribution in [0.3, 0.4) is 0 Å². The minimum atomic E-state index is -5.12. The molecule has 0 saturated heterocycles. The quantitative estimate of drug-likeness (QED) is 0.409. The summed E-state index contributed by atoms with van der Waals surface area (Å²) in [4.78, 5) is 0. The Kier molecular flexibility index (Phi) is 135. The molecule has 0 aliphatic rings. The number of hydrogen-bond donors (Lipinski definition) is 2. The Balaban J connectivity index is -0.00000000103. The van der Waals surface area contributed by atoms with E-state index in [2.05, 4.69) is 0 Å². The Hall–Kier alpha value is 9.79. The van der Waals surface area contributed by atoms with Crippen LogP contribution < -0.4 is 308 Å². The van der Waals surface area contributed by atoms with E-state index < -0.39 is 13.4 Å². The van der Waals surface area contributed by atoms with Gasteiger partial charge in [-0.15, -0.1) is 0 Å². The van der Waals surface area contributed by atoms with Crippen LogP contribution in [0.25, 0.3) is 0 Å². The van der Waals surface area contributed by atoms with Crippen LogP contribution in [0.2, 0.25) is 0 Å². The van der Waals surface area contributed by atoms with Crippen molar-refractivity contribution in [1.82, 2.24) is 0 Å². The van der Waals surface area contributed by atoms with Crippen molar-refractivity contribution >= 4 is 0 Å². The van der Waals surface area contributed by atoms with Gasteiger partial charge in [0.1, 0.15) is 0 Å². The molecule has 0 aromatic carbocycles. The number of rotatable bonds is 0. The maximum absolute atomic E-state index is 8.80. The van der Waals surface area contributed by atoms with E-state index in [1.807, 2.05) is 0 Å². The zero-order valence-corrected chi connectivity index (χ0v) is 28.4. The standard InChI is InChI=1S/FH.6K.Mn.2H2O.2O.6H/h1H;;;;;;;;2*1H2;;;;;;;;/q;6*+1;+2;;;;;6*-1/p-2. The van der Waals surface area contributed by atoms with Crippen molar-refractivity contribution in [3.05, 3.63) is 0 Å². The Morgan fingerprint density at radius 3 is 0.750 bits per heavy atom. The zero-order valence-electron chi connectivity index (χ0n) is 14.5. The molecule has 0 aliphatic carbocycles. The summed E-state index contributed by atoms with van der Waals surface area (Å²) in [6, 6.07) is 0. The predicted molar refractivity (Wildman–Crippen MR) is 15.0 cm³/mol. The third kappa shape index (κ3) is 72.9. The molecule has 0 atom stereocenters. The fourth-order valence-electron chi connectivity index (χ4n) is 0. The molecule has 12 heteroatoms. The summed E-state index contributed by atoms with van der Waals surface area (Å²) in [5.41, 5.74) is 0. The molecule has 0 aromatic rings. The van der Waals surface area contributed by atoms with Crippen molar-refractivity contribution in [3.8, 4) is 0 Å². The van der Waals surface area contributed by atoms with Gasteiger partial charge in [-0.25, -0.2) is 0 Å². The molecule has 0 saturated carbocycles. The first-order chi connectivity index (χ1) is 2.00. The summed E-state index contributed by atoms with van der Waals surface area (Å²) in [7, 11) is 0. The average Bonchev–Trinajstić information content (AvgIpc) is 0.722. The van der Waals surface area contributed by atoms with Crippen LogP contribution in [-0.4, -0.2) is 8.38 Å². The number of halogens is 1. The summed E-state index contributed by atoms with van der Waals surface area (Å²) in [5, 5.41) is 0. The van der Waals surface area contributed by atoms with Gasteiger partial charge in [0.25, 0.3) is 0 Å². The van der Waals surface area contributed by atoms with Crippen LogP contribution in [-0.2, 0) is 21.0 Å². The van der Waals surface area contributed by atoms with E-state index in [1.54, 1.807) is 0 Å². The SMILES string of the molecule is F.[H-].[H-].[H-].[H-].[H-].[H-].[K+].[K+].[K+].[K+].[K+].[K+].[O]=[Mn](=[O])([OH])[OH]. The van der Waals surface area contributed by atoms with E-state index in [-0.39, 0.29) is 322 Å². The van der Waals surface area contributed by atoms with Gasteiger partial charge in [0, 0.05) is 0 Å².